The quantitative estimate of drug-likeness (QED) is 0.871. The summed E-state index contributed by atoms with van der Waals surface area (Å²) in [6.07, 6.45) is -5.27. The number of halogens is 3. The van der Waals surface area contributed by atoms with Crippen LogP contribution in [-0.4, -0.2) is 18.3 Å². The van der Waals surface area contributed by atoms with Gasteiger partial charge in [0, 0.05) is 0 Å². The van der Waals surface area contributed by atoms with Crippen LogP contribution in [0.2, 0.25) is 0 Å². The summed E-state index contributed by atoms with van der Waals surface area (Å²) < 4.78 is 42.8. The first kappa shape index (κ1) is 12.8. The highest BCUT2D eigenvalue weighted by molar-refractivity contribution is 5.37. The molecule has 0 fully saturated rings. The molecular weight excluding hydrogens is 221 g/mol. The highest BCUT2D eigenvalue weighted by Gasteiger charge is 2.33. The molecule has 90 valence electrons. The van der Waals surface area contributed by atoms with E-state index in [0.29, 0.717) is 0 Å². The van der Waals surface area contributed by atoms with E-state index in [9.17, 15) is 13.2 Å². The molecule has 0 bridgehead atoms. The molecule has 0 amide bonds. The minimum Gasteiger partial charge on any atom is -0.497 e. The van der Waals surface area contributed by atoms with Gasteiger partial charge in [0.05, 0.1) is 18.8 Å². The van der Waals surface area contributed by atoms with Gasteiger partial charge in [-0.2, -0.15) is 13.2 Å². The minimum absolute atomic E-state index is 0.0289. The Bertz CT molecular complexity index is 359. The smallest absolute Gasteiger partial charge is 0.416 e. The highest BCUT2D eigenvalue weighted by Crippen LogP contribution is 2.34. The molecule has 1 atom stereocenters. The SMILES string of the molecule is COc1ccc(CC(C)O)c(C(F)(F)F)c1. The topological polar surface area (TPSA) is 29.5 Å². The molecular formula is C11H13F3O2. The van der Waals surface area contributed by atoms with Crippen LogP contribution < -0.4 is 4.74 Å². The van der Waals surface area contributed by atoms with Crippen LogP contribution in [0.15, 0.2) is 18.2 Å². The van der Waals surface area contributed by atoms with E-state index in [1.807, 2.05) is 0 Å². The molecule has 0 saturated carbocycles. The van der Waals surface area contributed by atoms with Crippen molar-refractivity contribution in [2.75, 3.05) is 7.11 Å². The maximum absolute atomic E-state index is 12.7. The largest absolute Gasteiger partial charge is 0.497 e. The van der Waals surface area contributed by atoms with Crippen molar-refractivity contribution in [2.45, 2.75) is 25.6 Å². The minimum atomic E-state index is -4.43. The van der Waals surface area contributed by atoms with Crippen LogP contribution in [0, 0.1) is 0 Å². The van der Waals surface area contributed by atoms with E-state index >= 15 is 0 Å². The average molecular weight is 234 g/mol. The fraction of sp³-hybridized carbons (Fsp3) is 0.455. The Kier molecular flexibility index (Phi) is 3.80. The lowest BCUT2D eigenvalue weighted by Gasteiger charge is -2.15. The summed E-state index contributed by atoms with van der Waals surface area (Å²) in [6, 6.07) is 3.72. The number of hydrogen-bond donors (Lipinski definition) is 1. The van der Waals surface area contributed by atoms with Crippen molar-refractivity contribution in [1.29, 1.82) is 0 Å². The van der Waals surface area contributed by atoms with Crippen LogP contribution in [0.25, 0.3) is 0 Å². The van der Waals surface area contributed by atoms with Gasteiger partial charge in [0.1, 0.15) is 5.75 Å². The Hall–Kier alpha value is -1.23. The molecule has 0 spiro atoms. The molecule has 0 saturated heterocycles. The van der Waals surface area contributed by atoms with Gasteiger partial charge >= 0.3 is 6.18 Å². The Morgan fingerprint density at radius 2 is 2.00 bits per heavy atom. The molecule has 1 aromatic carbocycles. The molecule has 0 aromatic heterocycles. The lowest BCUT2D eigenvalue weighted by Crippen LogP contribution is -2.13. The first-order valence-corrected chi connectivity index (χ1v) is 4.76. The van der Waals surface area contributed by atoms with Crippen molar-refractivity contribution in [3.05, 3.63) is 29.3 Å². The summed E-state index contributed by atoms with van der Waals surface area (Å²) in [6.45, 7) is 1.45. The lowest BCUT2D eigenvalue weighted by molar-refractivity contribution is -0.138. The van der Waals surface area contributed by atoms with Crippen LogP contribution in [0.3, 0.4) is 0 Å². The molecule has 1 rings (SSSR count). The summed E-state index contributed by atoms with van der Waals surface area (Å²) >= 11 is 0. The molecule has 0 heterocycles. The van der Waals surface area contributed by atoms with Crippen LogP contribution in [0.1, 0.15) is 18.1 Å². The van der Waals surface area contributed by atoms with Gasteiger partial charge in [0.2, 0.25) is 0 Å². The zero-order chi connectivity index (χ0) is 12.3. The second kappa shape index (κ2) is 4.74. The number of methoxy groups -OCH3 is 1. The molecule has 0 aliphatic carbocycles. The molecule has 16 heavy (non-hydrogen) atoms. The van der Waals surface area contributed by atoms with Crippen molar-refractivity contribution in [1.82, 2.24) is 0 Å². The third-order valence-electron chi connectivity index (χ3n) is 2.14. The van der Waals surface area contributed by atoms with Gasteiger partial charge in [-0.05, 0) is 31.0 Å². The van der Waals surface area contributed by atoms with Crippen LogP contribution in [0.4, 0.5) is 13.2 Å². The predicted octanol–water partition coefficient (Wildman–Crippen LogP) is 2.64. The number of rotatable bonds is 3. The molecule has 0 aliphatic rings. The van der Waals surface area contributed by atoms with Crippen LogP contribution >= 0.6 is 0 Å². The zero-order valence-electron chi connectivity index (χ0n) is 9.01. The normalized spacial score (nSPS) is 13.6. The van der Waals surface area contributed by atoms with Crippen molar-refractivity contribution in [3.63, 3.8) is 0 Å². The standard InChI is InChI=1S/C11H13F3O2/c1-7(15)5-8-3-4-9(16-2)6-10(8)11(12,13)14/h3-4,6-7,15H,5H2,1-2H3. The second-order valence-corrected chi connectivity index (χ2v) is 3.57. The molecule has 0 aliphatic heterocycles. The predicted molar refractivity (Wildman–Crippen MR) is 53.4 cm³/mol. The van der Waals surface area contributed by atoms with E-state index in [1.165, 1.54) is 26.2 Å². The van der Waals surface area contributed by atoms with Gasteiger partial charge in [-0.3, -0.25) is 0 Å². The number of aliphatic hydroxyl groups is 1. The van der Waals surface area contributed by atoms with Crippen molar-refractivity contribution >= 4 is 0 Å². The average Bonchev–Trinajstić information content (AvgIpc) is 2.15. The number of aliphatic hydroxyl groups excluding tert-OH is 1. The van der Waals surface area contributed by atoms with Gasteiger partial charge < -0.3 is 9.84 Å². The van der Waals surface area contributed by atoms with Gasteiger partial charge in [0.15, 0.2) is 0 Å². The van der Waals surface area contributed by atoms with E-state index in [2.05, 4.69) is 0 Å². The maximum Gasteiger partial charge on any atom is 0.416 e. The first-order valence-electron chi connectivity index (χ1n) is 4.76. The number of hydrogen-bond acceptors (Lipinski definition) is 2. The lowest BCUT2D eigenvalue weighted by atomic mass is 10.0. The van der Waals surface area contributed by atoms with E-state index < -0.39 is 17.8 Å². The molecule has 2 nitrogen and oxygen atoms in total. The number of ether oxygens (including phenoxy) is 1. The highest BCUT2D eigenvalue weighted by atomic mass is 19.4. The van der Waals surface area contributed by atoms with Crippen molar-refractivity contribution in [3.8, 4) is 5.75 Å². The van der Waals surface area contributed by atoms with Crippen molar-refractivity contribution in [2.24, 2.45) is 0 Å². The summed E-state index contributed by atoms with van der Waals surface area (Å²) in [5.41, 5.74) is -0.684. The van der Waals surface area contributed by atoms with Crippen LogP contribution in [0.5, 0.6) is 5.75 Å². The zero-order valence-corrected chi connectivity index (χ0v) is 9.01. The van der Waals surface area contributed by atoms with Gasteiger partial charge in [0.25, 0.3) is 0 Å². The fourth-order valence-corrected chi connectivity index (χ4v) is 1.44. The third-order valence-corrected chi connectivity index (χ3v) is 2.14. The molecule has 1 N–H and O–H groups in total. The van der Waals surface area contributed by atoms with Gasteiger partial charge in [-0.25, -0.2) is 0 Å². The summed E-state index contributed by atoms with van der Waals surface area (Å²) in [4.78, 5) is 0. The Morgan fingerprint density at radius 3 is 2.44 bits per heavy atom. The molecule has 1 aromatic rings. The fourth-order valence-electron chi connectivity index (χ4n) is 1.44. The summed E-state index contributed by atoms with van der Waals surface area (Å²) in [5.74, 6) is 0.154. The second-order valence-electron chi connectivity index (χ2n) is 3.57. The third kappa shape index (κ3) is 3.13. The van der Waals surface area contributed by atoms with E-state index in [1.54, 1.807) is 0 Å². The first-order chi connectivity index (χ1) is 7.34. The Balaban J connectivity index is 3.17. The Labute approximate surface area is 91.7 Å². The molecule has 5 heteroatoms. The monoisotopic (exact) mass is 234 g/mol. The van der Waals surface area contributed by atoms with E-state index in [4.69, 9.17) is 9.84 Å². The van der Waals surface area contributed by atoms with Gasteiger partial charge in [-0.1, -0.05) is 6.07 Å². The molecule has 1 unspecified atom stereocenters. The van der Waals surface area contributed by atoms with E-state index in [-0.39, 0.29) is 17.7 Å². The molecule has 0 radical (unpaired) electrons. The number of benzene rings is 1. The van der Waals surface area contributed by atoms with Crippen molar-refractivity contribution < 1.29 is 23.0 Å². The van der Waals surface area contributed by atoms with Gasteiger partial charge in [-0.15, -0.1) is 0 Å². The van der Waals surface area contributed by atoms with Crippen LogP contribution in [-0.2, 0) is 12.6 Å². The van der Waals surface area contributed by atoms with E-state index in [0.717, 1.165) is 6.07 Å². The Morgan fingerprint density at radius 1 is 1.38 bits per heavy atom. The number of alkyl halides is 3. The summed E-state index contributed by atoms with van der Waals surface area (Å²) in [7, 11) is 1.31. The maximum atomic E-state index is 12.7. The summed E-state index contributed by atoms with van der Waals surface area (Å²) in [5, 5.41) is 9.12.